The van der Waals surface area contributed by atoms with Crippen molar-refractivity contribution < 1.29 is 35.7 Å². The zero-order chi connectivity index (χ0) is 24.7. The Hall–Kier alpha value is -2.06. The molecule has 3 rings (SSSR count). The first kappa shape index (κ1) is 26.2. The molecule has 14 heteroatoms. The summed E-state index contributed by atoms with van der Waals surface area (Å²) in [7, 11) is -0.894. The highest BCUT2D eigenvalue weighted by Gasteiger charge is 2.52. The second kappa shape index (κ2) is 8.71. The lowest BCUT2D eigenvalue weighted by Crippen LogP contribution is -2.41. The number of nitrogens with two attached hydrogens (primary N) is 2. The molecule has 0 aliphatic carbocycles. The van der Waals surface area contributed by atoms with E-state index in [-0.39, 0.29) is 9.94 Å². The van der Waals surface area contributed by atoms with Crippen LogP contribution in [0.15, 0.2) is 29.0 Å². The van der Waals surface area contributed by atoms with Crippen LogP contribution in [0.4, 0.5) is 38.0 Å². The van der Waals surface area contributed by atoms with Crippen LogP contribution in [0, 0.1) is 0 Å². The number of pyridine rings is 2. The minimum absolute atomic E-state index is 0.199. The maximum absolute atomic E-state index is 12.8. The molecule has 0 spiro atoms. The van der Waals surface area contributed by atoms with E-state index in [1.807, 2.05) is 27.7 Å². The van der Waals surface area contributed by atoms with Crippen molar-refractivity contribution in [1.82, 2.24) is 9.97 Å². The second-order valence-corrected chi connectivity index (χ2v) is 8.79. The minimum atomic E-state index is -4.56. The Balaban J connectivity index is 0.000000258. The van der Waals surface area contributed by atoms with Gasteiger partial charge in [0.05, 0.1) is 22.3 Å². The van der Waals surface area contributed by atoms with E-state index >= 15 is 0 Å². The summed E-state index contributed by atoms with van der Waals surface area (Å²) in [4.78, 5) is 6.94. The number of hydrogen-bond donors (Lipinski definition) is 2. The van der Waals surface area contributed by atoms with Gasteiger partial charge in [-0.2, -0.15) is 26.3 Å². The molecule has 0 atom stereocenters. The van der Waals surface area contributed by atoms with E-state index in [9.17, 15) is 26.3 Å². The van der Waals surface area contributed by atoms with E-state index in [1.54, 1.807) is 0 Å². The fraction of sp³-hybridized carbons (Fsp3) is 0.444. The molecule has 1 aliphatic heterocycles. The van der Waals surface area contributed by atoms with Gasteiger partial charge in [-0.1, -0.05) is 0 Å². The highest BCUT2D eigenvalue weighted by Crippen LogP contribution is 2.37. The summed E-state index contributed by atoms with van der Waals surface area (Å²) in [5.41, 5.74) is 7.33. The topological polar surface area (TPSA) is 96.3 Å². The molecule has 1 aliphatic rings. The Morgan fingerprint density at radius 1 is 0.812 bits per heavy atom. The quantitative estimate of drug-likeness (QED) is 0.420. The van der Waals surface area contributed by atoms with Crippen molar-refractivity contribution in [2.75, 3.05) is 11.5 Å². The first-order valence-electron chi connectivity index (χ1n) is 9.01. The summed E-state index contributed by atoms with van der Waals surface area (Å²) in [6, 6.07) is 1.81. The molecule has 2 aromatic heterocycles. The van der Waals surface area contributed by atoms with Crippen LogP contribution in [0.2, 0.25) is 0 Å². The summed E-state index contributed by atoms with van der Waals surface area (Å²) in [6.45, 7) is 7.29. The number of alkyl halides is 6. The first-order chi connectivity index (χ1) is 14.3. The predicted octanol–water partition coefficient (Wildman–Crippen LogP) is 4.43. The van der Waals surface area contributed by atoms with Crippen molar-refractivity contribution in [3.63, 3.8) is 0 Å². The van der Waals surface area contributed by atoms with Gasteiger partial charge in [0.2, 0.25) is 0 Å². The van der Waals surface area contributed by atoms with Gasteiger partial charge in [0.25, 0.3) is 0 Å². The number of nitrogen functional groups attached to an aromatic ring is 2. The second-order valence-electron chi connectivity index (χ2n) is 7.87. The number of aromatic nitrogens is 2. The van der Waals surface area contributed by atoms with E-state index in [4.69, 9.17) is 20.8 Å². The Labute approximate surface area is 189 Å². The average Bonchev–Trinajstić information content (AvgIpc) is 2.83. The minimum Gasteiger partial charge on any atom is -0.399 e. The van der Waals surface area contributed by atoms with Crippen LogP contribution in [0.5, 0.6) is 0 Å². The zero-order valence-electron chi connectivity index (χ0n) is 17.4. The zero-order valence-corrected chi connectivity index (χ0v) is 19.0. The van der Waals surface area contributed by atoms with E-state index in [1.165, 1.54) is 12.4 Å². The Bertz CT molecular complexity index is 969. The van der Waals surface area contributed by atoms with Gasteiger partial charge in [-0.15, -0.1) is 0 Å². The maximum atomic E-state index is 12.8. The average molecular weight is 529 g/mol. The van der Waals surface area contributed by atoms with Crippen molar-refractivity contribution in [1.29, 1.82) is 0 Å². The Kier molecular flexibility index (Phi) is 7.13. The SMILES string of the molecule is CC1(C)OB(c2cnc(N)c(C(F)(F)F)c2)OC1(C)C.Nc1ncc(Br)cc1C(F)(F)F. The summed E-state index contributed by atoms with van der Waals surface area (Å²) >= 11 is 2.87. The third kappa shape index (κ3) is 5.84. The predicted molar refractivity (Wildman–Crippen MR) is 111 cm³/mol. The molecule has 2 aromatic rings. The molecule has 0 amide bonds. The van der Waals surface area contributed by atoms with Crippen LogP contribution in [0.25, 0.3) is 0 Å². The third-order valence-electron chi connectivity index (χ3n) is 4.96. The molecule has 0 aromatic carbocycles. The maximum Gasteiger partial charge on any atom is 0.496 e. The molecule has 0 radical (unpaired) electrons. The van der Waals surface area contributed by atoms with Crippen LogP contribution in [-0.2, 0) is 21.7 Å². The highest BCUT2D eigenvalue weighted by molar-refractivity contribution is 9.10. The molecule has 176 valence electrons. The largest absolute Gasteiger partial charge is 0.496 e. The van der Waals surface area contributed by atoms with Crippen LogP contribution in [0.3, 0.4) is 0 Å². The normalized spacial score (nSPS) is 17.7. The van der Waals surface area contributed by atoms with Crippen LogP contribution >= 0.6 is 15.9 Å². The molecule has 1 fully saturated rings. The van der Waals surface area contributed by atoms with Crippen LogP contribution < -0.4 is 16.9 Å². The van der Waals surface area contributed by atoms with Crippen molar-refractivity contribution in [2.45, 2.75) is 51.2 Å². The number of nitrogens with zero attached hydrogens (tertiary/aromatic N) is 2. The first-order valence-corrected chi connectivity index (χ1v) is 9.81. The van der Waals surface area contributed by atoms with Gasteiger partial charge in [-0.25, -0.2) is 9.97 Å². The van der Waals surface area contributed by atoms with E-state index in [2.05, 4.69) is 25.9 Å². The Morgan fingerprint density at radius 3 is 1.62 bits per heavy atom. The molecule has 3 heterocycles. The van der Waals surface area contributed by atoms with Gasteiger partial charge in [0.15, 0.2) is 0 Å². The standard InChI is InChI=1S/C12H16BF3N2O2.C6H4BrF3N2/c1-10(2)11(3,4)20-13(19-10)7-5-8(12(14,15)16)9(17)18-6-7;7-3-1-4(6(8,9)10)5(11)12-2-3/h5-6H,1-4H3,(H2,17,18);1-2H,(H2,11,12). The number of hydrogen-bond acceptors (Lipinski definition) is 6. The van der Waals surface area contributed by atoms with E-state index < -0.39 is 53.4 Å². The van der Waals surface area contributed by atoms with Crippen LogP contribution in [0.1, 0.15) is 38.8 Å². The molecule has 0 saturated carbocycles. The van der Waals surface area contributed by atoms with Gasteiger partial charge >= 0.3 is 19.5 Å². The lowest BCUT2D eigenvalue weighted by molar-refractivity contribution is -0.137. The molecular weight excluding hydrogens is 509 g/mol. The smallest absolute Gasteiger partial charge is 0.399 e. The van der Waals surface area contributed by atoms with Gasteiger partial charge in [-0.3, -0.25) is 0 Å². The molecular formula is C18H20BBrF6N4O2. The fourth-order valence-corrected chi connectivity index (χ4v) is 2.83. The number of rotatable bonds is 1. The van der Waals surface area contributed by atoms with Gasteiger partial charge < -0.3 is 20.8 Å². The molecule has 4 N–H and O–H groups in total. The molecule has 0 unspecified atom stereocenters. The molecule has 0 bridgehead atoms. The van der Waals surface area contributed by atoms with E-state index in [0.717, 1.165) is 12.1 Å². The van der Waals surface area contributed by atoms with Crippen molar-refractivity contribution >= 4 is 40.1 Å². The number of anilines is 2. The third-order valence-corrected chi connectivity index (χ3v) is 5.39. The summed E-state index contributed by atoms with van der Waals surface area (Å²) in [5.74, 6) is -1.07. The lowest BCUT2D eigenvalue weighted by atomic mass is 9.79. The van der Waals surface area contributed by atoms with Crippen molar-refractivity contribution in [3.05, 3.63) is 40.1 Å². The monoisotopic (exact) mass is 528 g/mol. The van der Waals surface area contributed by atoms with Gasteiger partial charge in [0, 0.05) is 22.3 Å². The highest BCUT2D eigenvalue weighted by atomic mass is 79.9. The Morgan fingerprint density at radius 2 is 1.22 bits per heavy atom. The summed E-state index contributed by atoms with van der Waals surface area (Å²) < 4.78 is 86.3. The summed E-state index contributed by atoms with van der Waals surface area (Å²) in [6.07, 6.45) is -6.55. The lowest BCUT2D eigenvalue weighted by Gasteiger charge is -2.32. The summed E-state index contributed by atoms with van der Waals surface area (Å²) in [5, 5.41) is 0. The van der Waals surface area contributed by atoms with Crippen LogP contribution in [-0.4, -0.2) is 28.3 Å². The molecule has 1 saturated heterocycles. The fourth-order valence-electron chi connectivity index (χ4n) is 2.50. The van der Waals surface area contributed by atoms with Gasteiger partial charge in [-0.05, 0) is 55.8 Å². The van der Waals surface area contributed by atoms with Crippen molar-refractivity contribution in [3.8, 4) is 0 Å². The molecule has 32 heavy (non-hydrogen) atoms. The molecule has 6 nitrogen and oxygen atoms in total. The van der Waals surface area contributed by atoms with Gasteiger partial charge in [0.1, 0.15) is 11.6 Å². The number of halogens is 7. The van der Waals surface area contributed by atoms with E-state index in [0.29, 0.717) is 0 Å². The van der Waals surface area contributed by atoms with Crippen molar-refractivity contribution in [2.24, 2.45) is 0 Å².